The van der Waals surface area contributed by atoms with Crippen LogP contribution in [0, 0.1) is 0 Å². The largest absolute Gasteiger partial charge is 0.467 e. The molecule has 1 atom stereocenters. The van der Waals surface area contributed by atoms with Crippen molar-refractivity contribution in [2.75, 3.05) is 13.7 Å². The molecular formula is C12H17NO4S. The van der Waals surface area contributed by atoms with Crippen LogP contribution in [-0.2, 0) is 20.8 Å². The summed E-state index contributed by atoms with van der Waals surface area (Å²) in [6.45, 7) is 3.95. The van der Waals surface area contributed by atoms with Crippen molar-refractivity contribution >= 4 is 23.4 Å². The Balaban J connectivity index is 2.80. The monoisotopic (exact) mass is 271 g/mol. The predicted molar refractivity (Wildman–Crippen MR) is 68.4 cm³/mol. The summed E-state index contributed by atoms with van der Waals surface area (Å²) in [4.78, 5) is 24.7. The van der Waals surface area contributed by atoms with Crippen LogP contribution in [-0.4, -0.2) is 36.7 Å². The fourth-order valence-corrected chi connectivity index (χ4v) is 2.10. The van der Waals surface area contributed by atoms with Gasteiger partial charge >= 0.3 is 12.1 Å². The molecule has 6 heteroatoms. The first kappa shape index (κ1) is 14.5. The molecule has 1 rings (SSSR count). The number of carbonyl (C=O) groups excluding carboxylic acids is 2. The number of hydrogen-bond acceptors (Lipinski definition) is 5. The maximum atomic E-state index is 11.8. The summed E-state index contributed by atoms with van der Waals surface area (Å²) in [5, 5.41) is 3.84. The van der Waals surface area contributed by atoms with E-state index < -0.39 is 18.1 Å². The molecule has 100 valence electrons. The first-order chi connectivity index (χ1) is 8.60. The van der Waals surface area contributed by atoms with Gasteiger partial charge in [-0.25, -0.2) is 9.59 Å². The van der Waals surface area contributed by atoms with E-state index in [0.29, 0.717) is 6.54 Å². The fourth-order valence-electron chi connectivity index (χ4n) is 1.44. The lowest BCUT2D eigenvalue weighted by molar-refractivity contribution is -0.145. The molecule has 0 saturated heterocycles. The molecule has 0 spiro atoms. The van der Waals surface area contributed by atoms with Crippen molar-refractivity contribution in [1.29, 1.82) is 0 Å². The third-order valence-electron chi connectivity index (χ3n) is 2.45. The van der Waals surface area contributed by atoms with Crippen molar-refractivity contribution in [1.82, 2.24) is 4.90 Å². The van der Waals surface area contributed by atoms with Crippen LogP contribution in [0.15, 0.2) is 16.8 Å². The molecule has 5 nitrogen and oxygen atoms in total. The summed E-state index contributed by atoms with van der Waals surface area (Å²) in [6, 6.07) is 1.23. The Morgan fingerprint density at radius 2 is 2.22 bits per heavy atom. The zero-order chi connectivity index (χ0) is 13.5. The Morgan fingerprint density at radius 3 is 2.72 bits per heavy atom. The second-order valence-electron chi connectivity index (χ2n) is 3.66. The van der Waals surface area contributed by atoms with Crippen molar-refractivity contribution in [3.63, 3.8) is 0 Å². The van der Waals surface area contributed by atoms with Crippen LogP contribution in [0.5, 0.6) is 0 Å². The van der Waals surface area contributed by atoms with Gasteiger partial charge in [-0.15, -0.1) is 0 Å². The topological polar surface area (TPSA) is 55.8 Å². The van der Waals surface area contributed by atoms with E-state index in [1.807, 2.05) is 16.8 Å². The standard InChI is InChI=1S/C12H17NO4S/c1-4-17-12(15)13(9(2)11(14)16-3)7-10-5-6-18-8-10/h5-6,8-9H,4,7H2,1-3H3/t9-/m0/s1. The minimum absolute atomic E-state index is 0.271. The van der Waals surface area contributed by atoms with Crippen LogP contribution >= 0.6 is 11.3 Å². The van der Waals surface area contributed by atoms with Crippen LogP contribution in [0.3, 0.4) is 0 Å². The van der Waals surface area contributed by atoms with Gasteiger partial charge in [-0.2, -0.15) is 11.3 Å². The molecule has 0 bridgehead atoms. The van der Waals surface area contributed by atoms with E-state index in [2.05, 4.69) is 4.74 Å². The Hall–Kier alpha value is -1.56. The molecule has 0 unspecified atom stereocenters. The van der Waals surface area contributed by atoms with Crippen molar-refractivity contribution < 1.29 is 19.1 Å². The SMILES string of the molecule is CCOC(=O)N(Cc1ccsc1)[C@@H](C)C(=O)OC. The quantitative estimate of drug-likeness (QED) is 0.771. The zero-order valence-corrected chi connectivity index (χ0v) is 11.5. The Morgan fingerprint density at radius 1 is 1.50 bits per heavy atom. The lowest BCUT2D eigenvalue weighted by Gasteiger charge is -2.26. The van der Waals surface area contributed by atoms with Crippen LogP contribution in [0.2, 0.25) is 0 Å². The average molecular weight is 271 g/mol. The summed E-state index contributed by atoms with van der Waals surface area (Å²) >= 11 is 1.54. The van der Waals surface area contributed by atoms with Crippen molar-refractivity contribution in [2.24, 2.45) is 0 Å². The molecule has 1 aromatic heterocycles. The summed E-state index contributed by atoms with van der Waals surface area (Å²) < 4.78 is 9.61. The minimum atomic E-state index is -0.672. The molecular weight excluding hydrogens is 254 g/mol. The lowest BCUT2D eigenvalue weighted by Crippen LogP contribution is -2.43. The van der Waals surface area contributed by atoms with Crippen LogP contribution < -0.4 is 0 Å². The number of carbonyl (C=O) groups is 2. The van der Waals surface area contributed by atoms with Gasteiger partial charge in [-0.3, -0.25) is 4.90 Å². The van der Waals surface area contributed by atoms with E-state index in [9.17, 15) is 9.59 Å². The number of amides is 1. The second kappa shape index (κ2) is 7.00. The molecule has 1 aromatic rings. The van der Waals surface area contributed by atoms with Crippen molar-refractivity contribution in [3.8, 4) is 0 Å². The summed E-state index contributed by atoms with van der Waals surface area (Å²) in [5.41, 5.74) is 0.962. The Bertz CT molecular complexity index is 391. The number of ether oxygens (including phenoxy) is 2. The van der Waals surface area contributed by atoms with E-state index in [0.717, 1.165) is 5.56 Å². The number of methoxy groups -OCH3 is 1. The van der Waals surface area contributed by atoms with E-state index >= 15 is 0 Å². The van der Waals surface area contributed by atoms with Gasteiger partial charge in [-0.05, 0) is 36.2 Å². The molecule has 0 N–H and O–H groups in total. The molecule has 0 fully saturated rings. The van der Waals surface area contributed by atoms with Gasteiger partial charge < -0.3 is 9.47 Å². The molecule has 1 heterocycles. The normalized spacial score (nSPS) is 11.7. The van der Waals surface area contributed by atoms with Gasteiger partial charge in [0.1, 0.15) is 6.04 Å². The molecule has 0 radical (unpaired) electrons. The number of nitrogens with zero attached hydrogens (tertiary/aromatic N) is 1. The number of thiophene rings is 1. The molecule has 0 aliphatic rings. The Kier molecular flexibility index (Phi) is 5.64. The highest BCUT2D eigenvalue weighted by Crippen LogP contribution is 2.14. The number of hydrogen-bond donors (Lipinski definition) is 0. The summed E-state index contributed by atoms with van der Waals surface area (Å²) in [7, 11) is 1.30. The highest BCUT2D eigenvalue weighted by atomic mass is 32.1. The summed E-state index contributed by atoms with van der Waals surface area (Å²) in [5.74, 6) is -0.460. The maximum Gasteiger partial charge on any atom is 0.410 e. The third kappa shape index (κ3) is 3.73. The molecule has 0 aliphatic heterocycles. The van der Waals surface area contributed by atoms with Crippen molar-refractivity contribution in [2.45, 2.75) is 26.4 Å². The van der Waals surface area contributed by atoms with Gasteiger partial charge in [0.15, 0.2) is 0 Å². The zero-order valence-electron chi connectivity index (χ0n) is 10.7. The van der Waals surface area contributed by atoms with E-state index in [1.165, 1.54) is 23.3 Å². The highest BCUT2D eigenvalue weighted by molar-refractivity contribution is 7.07. The summed E-state index contributed by atoms with van der Waals surface area (Å²) in [6.07, 6.45) is -0.512. The highest BCUT2D eigenvalue weighted by Gasteiger charge is 2.27. The van der Waals surface area contributed by atoms with Crippen molar-refractivity contribution in [3.05, 3.63) is 22.4 Å². The van der Waals surface area contributed by atoms with E-state index in [1.54, 1.807) is 13.8 Å². The second-order valence-corrected chi connectivity index (χ2v) is 4.44. The maximum absolute atomic E-state index is 11.8. The number of rotatable bonds is 5. The van der Waals surface area contributed by atoms with Gasteiger partial charge in [0, 0.05) is 0 Å². The molecule has 0 aliphatic carbocycles. The van der Waals surface area contributed by atoms with Crippen LogP contribution in [0.1, 0.15) is 19.4 Å². The van der Waals surface area contributed by atoms with Gasteiger partial charge in [0.05, 0.1) is 20.3 Å². The molecule has 0 aromatic carbocycles. The van der Waals surface area contributed by atoms with E-state index in [-0.39, 0.29) is 6.61 Å². The molecule has 0 saturated carbocycles. The first-order valence-corrected chi connectivity index (χ1v) is 6.56. The smallest absolute Gasteiger partial charge is 0.410 e. The fraction of sp³-hybridized carbons (Fsp3) is 0.500. The lowest BCUT2D eigenvalue weighted by atomic mass is 10.2. The molecule has 1 amide bonds. The molecule has 18 heavy (non-hydrogen) atoms. The average Bonchev–Trinajstić information content (AvgIpc) is 2.87. The van der Waals surface area contributed by atoms with Gasteiger partial charge in [-0.1, -0.05) is 0 Å². The Labute approximate surface area is 110 Å². The predicted octanol–water partition coefficient (Wildman–Crippen LogP) is 2.27. The first-order valence-electron chi connectivity index (χ1n) is 5.62. The van der Waals surface area contributed by atoms with Gasteiger partial charge in [0.25, 0.3) is 0 Å². The minimum Gasteiger partial charge on any atom is -0.467 e. The van der Waals surface area contributed by atoms with Gasteiger partial charge in [0.2, 0.25) is 0 Å². The van der Waals surface area contributed by atoms with Crippen LogP contribution in [0.25, 0.3) is 0 Å². The van der Waals surface area contributed by atoms with Crippen LogP contribution in [0.4, 0.5) is 4.79 Å². The van der Waals surface area contributed by atoms with E-state index in [4.69, 9.17) is 4.74 Å². The third-order valence-corrected chi connectivity index (χ3v) is 3.18. The number of esters is 1.